The van der Waals surface area contributed by atoms with Gasteiger partial charge in [-0.3, -0.25) is 4.79 Å². The minimum atomic E-state index is -0.687. The summed E-state index contributed by atoms with van der Waals surface area (Å²) >= 11 is 6.70. The smallest absolute Gasteiger partial charge is 0.336 e. The van der Waals surface area contributed by atoms with Crippen molar-refractivity contribution in [3.63, 3.8) is 0 Å². The van der Waals surface area contributed by atoms with E-state index in [9.17, 15) is 9.59 Å². The van der Waals surface area contributed by atoms with E-state index in [0.29, 0.717) is 51.8 Å². The minimum absolute atomic E-state index is 0.0268. The van der Waals surface area contributed by atoms with Gasteiger partial charge in [0.1, 0.15) is 6.61 Å². The largest absolute Gasteiger partial charge is 0.460 e. The molecule has 2 aliphatic heterocycles. The van der Waals surface area contributed by atoms with E-state index < -0.39 is 11.9 Å². The second kappa shape index (κ2) is 9.76. The number of halogens is 1. The first kappa shape index (κ1) is 23.5. The van der Waals surface area contributed by atoms with Crippen LogP contribution in [-0.4, -0.2) is 38.9 Å². The number of rotatable bonds is 6. The van der Waals surface area contributed by atoms with Crippen molar-refractivity contribution in [1.29, 1.82) is 0 Å². The van der Waals surface area contributed by atoms with Crippen LogP contribution in [-0.2, 0) is 19.1 Å². The minimum Gasteiger partial charge on any atom is -0.460 e. The molecule has 1 aliphatic carbocycles. The van der Waals surface area contributed by atoms with E-state index >= 15 is 0 Å². The van der Waals surface area contributed by atoms with Gasteiger partial charge < -0.3 is 24.3 Å². The second-order valence-corrected chi connectivity index (χ2v) is 9.19. The van der Waals surface area contributed by atoms with E-state index in [4.69, 9.17) is 30.5 Å². The maximum absolute atomic E-state index is 13.7. The van der Waals surface area contributed by atoms with E-state index in [1.54, 1.807) is 12.1 Å². The maximum atomic E-state index is 13.7. The second-order valence-electron chi connectivity index (χ2n) is 8.78. The first-order valence-electron chi connectivity index (χ1n) is 11.5. The predicted octanol–water partition coefficient (Wildman–Crippen LogP) is 4.62. The number of hydrogen-bond donors (Lipinski definition) is 1. The number of Topliss-reactive ketones (excluding diaryl/α,β-unsaturated/α-hetero) is 1. The molecule has 2 atom stereocenters. The molecule has 7 nitrogen and oxygen atoms in total. The summed E-state index contributed by atoms with van der Waals surface area (Å²) in [5.74, 6) is -0.124. The van der Waals surface area contributed by atoms with Crippen LogP contribution in [0.2, 0.25) is 5.02 Å². The molecule has 2 unspecified atom stereocenters. The van der Waals surface area contributed by atoms with Crippen molar-refractivity contribution in [3.8, 4) is 11.5 Å². The van der Waals surface area contributed by atoms with Gasteiger partial charge in [-0.2, -0.15) is 0 Å². The highest BCUT2D eigenvalue weighted by molar-refractivity contribution is 6.32. The molecule has 5 rings (SSSR count). The number of ether oxygens (including phenoxy) is 4. The third-order valence-electron chi connectivity index (χ3n) is 6.64. The lowest BCUT2D eigenvalue weighted by molar-refractivity contribution is -0.140. The molecule has 0 amide bonds. The fourth-order valence-corrected chi connectivity index (χ4v) is 5.29. The fraction of sp³-hybridized carbons (Fsp3) is 0.333. The van der Waals surface area contributed by atoms with Gasteiger partial charge in [-0.15, -0.1) is 0 Å². The van der Waals surface area contributed by atoms with Gasteiger partial charge in [0.25, 0.3) is 0 Å². The number of ketones is 1. The summed E-state index contributed by atoms with van der Waals surface area (Å²) in [6.07, 6.45) is 0.987. The van der Waals surface area contributed by atoms with Gasteiger partial charge in [0.05, 0.1) is 12.2 Å². The SMILES string of the molecule is COCCOC(=O)C1=C(C)NC2=C(C(=O)CC(c3ccccc3)C2)C1c1cc2c(cc1Cl)OCO2. The predicted molar refractivity (Wildman–Crippen MR) is 129 cm³/mol. The highest BCUT2D eigenvalue weighted by Gasteiger charge is 2.42. The normalized spacial score (nSPS) is 21.1. The molecule has 3 aliphatic rings. The van der Waals surface area contributed by atoms with Gasteiger partial charge in [0.15, 0.2) is 17.3 Å². The van der Waals surface area contributed by atoms with Crippen molar-refractivity contribution in [2.45, 2.75) is 31.6 Å². The summed E-state index contributed by atoms with van der Waals surface area (Å²) in [6, 6.07) is 13.4. The molecule has 0 saturated heterocycles. The maximum Gasteiger partial charge on any atom is 0.336 e. The summed E-state index contributed by atoms with van der Waals surface area (Å²) in [5, 5.41) is 3.74. The molecule has 8 heteroatoms. The number of allylic oxidation sites excluding steroid dienone is 3. The quantitative estimate of drug-likeness (QED) is 0.462. The van der Waals surface area contributed by atoms with E-state index in [0.717, 1.165) is 11.3 Å². The number of nitrogens with one attached hydrogen (secondary N) is 1. The number of esters is 1. The lowest BCUT2D eigenvalue weighted by Gasteiger charge is -2.37. The molecule has 0 fully saturated rings. The zero-order chi connectivity index (χ0) is 24.5. The highest BCUT2D eigenvalue weighted by Crippen LogP contribution is 2.49. The zero-order valence-corrected chi connectivity index (χ0v) is 20.3. The molecule has 2 aromatic rings. The Kier molecular flexibility index (Phi) is 6.54. The van der Waals surface area contributed by atoms with E-state index in [-0.39, 0.29) is 31.7 Å². The number of carbonyl (C=O) groups is 2. The number of dihydropyridines is 1. The topological polar surface area (TPSA) is 83.1 Å². The Bertz CT molecular complexity index is 1240. The molecule has 35 heavy (non-hydrogen) atoms. The van der Waals surface area contributed by atoms with Crippen LogP contribution in [0.4, 0.5) is 0 Å². The van der Waals surface area contributed by atoms with Crippen LogP contribution in [0.15, 0.2) is 65.0 Å². The molecule has 2 heterocycles. The van der Waals surface area contributed by atoms with Gasteiger partial charge in [-0.25, -0.2) is 4.79 Å². The average Bonchev–Trinajstić information content (AvgIpc) is 3.30. The molecular weight excluding hydrogens is 470 g/mol. The van der Waals surface area contributed by atoms with Crippen LogP contribution >= 0.6 is 11.6 Å². The molecule has 2 aromatic carbocycles. The van der Waals surface area contributed by atoms with Crippen molar-refractivity contribution >= 4 is 23.4 Å². The molecule has 0 aromatic heterocycles. The summed E-state index contributed by atoms with van der Waals surface area (Å²) in [6.45, 7) is 2.28. The molecule has 0 spiro atoms. The molecular formula is C27H26ClNO6. The number of fused-ring (bicyclic) bond motifs is 1. The zero-order valence-electron chi connectivity index (χ0n) is 19.6. The third-order valence-corrected chi connectivity index (χ3v) is 6.97. The van der Waals surface area contributed by atoms with Gasteiger partial charge in [-0.05, 0) is 36.5 Å². The number of methoxy groups -OCH3 is 1. The van der Waals surface area contributed by atoms with Crippen LogP contribution in [0.5, 0.6) is 11.5 Å². The van der Waals surface area contributed by atoms with Crippen molar-refractivity contribution in [3.05, 3.63) is 81.2 Å². The van der Waals surface area contributed by atoms with Crippen LogP contribution in [0, 0.1) is 0 Å². The Morgan fingerprint density at radius 2 is 1.86 bits per heavy atom. The summed E-state index contributed by atoms with van der Waals surface area (Å²) in [7, 11) is 1.54. The molecule has 0 bridgehead atoms. The molecule has 0 saturated carbocycles. The number of carbonyl (C=O) groups excluding carboxylic acids is 2. The Labute approximate surface area is 208 Å². The van der Waals surface area contributed by atoms with Crippen molar-refractivity contribution in [2.75, 3.05) is 27.1 Å². The first-order valence-corrected chi connectivity index (χ1v) is 11.9. The Morgan fingerprint density at radius 3 is 2.60 bits per heavy atom. The van der Waals surface area contributed by atoms with Crippen molar-refractivity contribution < 1.29 is 28.5 Å². The fourth-order valence-electron chi connectivity index (χ4n) is 5.03. The molecule has 0 radical (unpaired) electrons. The standard InChI is InChI=1S/C27H26ClNO6/c1-15-24(27(31)33-9-8-32-2)25(18-12-22-23(13-19(18)28)35-14-34-22)26-20(29-15)10-17(11-21(26)30)16-6-4-3-5-7-16/h3-7,12-13,17,25,29H,8-11,14H2,1-2H3. The van der Waals surface area contributed by atoms with Crippen LogP contribution in [0.1, 0.15) is 42.7 Å². The molecule has 1 N–H and O–H groups in total. The van der Waals surface area contributed by atoms with Crippen molar-refractivity contribution in [2.24, 2.45) is 0 Å². The number of hydrogen-bond acceptors (Lipinski definition) is 7. The summed E-state index contributed by atoms with van der Waals surface area (Å²) < 4.78 is 21.5. The van der Waals surface area contributed by atoms with Gasteiger partial charge in [0.2, 0.25) is 6.79 Å². The average molecular weight is 496 g/mol. The van der Waals surface area contributed by atoms with E-state index in [1.165, 1.54) is 7.11 Å². The number of benzene rings is 2. The Morgan fingerprint density at radius 1 is 1.11 bits per heavy atom. The van der Waals surface area contributed by atoms with Crippen LogP contribution < -0.4 is 14.8 Å². The highest BCUT2D eigenvalue weighted by atomic mass is 35.5. The summed E-state index contributed by atoms with van der Waals surface area (Å²) in [5.41, 5.74) is 4.05. The molecule has 182 valence electrons. The monoisotopic (exact) mass is 495 g/mol. The van der Waals surface area contributed by atoms with E-state index in [1.807, 2.05) is 37.3 Å². The first-order chi connectivity index (χ1) is 17.0. The Hall–Kier alpha value is -3.29. The Balaban J connectivity index is 1.59. The van der Waals surface area contributed by atoms with E-state index in [2.05, 4.69) is 5.32 Å². The lowest BCUT2D eigenvalue weighted by Crippen LogP contribution is -2.36. The van der Waals surface area contributed by atoms with Gasteiger partial charge in [-0.1, -0.05) is 41.9 Å². The van der Waals surface area contributed by atoms with Crippen LogP contribution in [0.25, 0.3) is 0 Å². The van der Waals surface area contributed by atoms with Gasteiger partial charge >= 0.3 is 5.97 Å². The lowest BCUT2D eigenvalue weighted by atomic mass is 9.71. The van der Waals surface area contributed by atoms with Gasteiger partial charge in [0, 0.05) is 47.5 Å². The van der Waals surface area contributed by atoms with Crippen molar-refractivity contribution in [1.82, 2.24) is 5.32 Å². The third kappa shape index (κ3) is 4.42. The van der Waals surface area contributed by atoms with Crippen LogP contribution in [0.3, 0.4) is 0 Å². The summed E-state index contributed by atoms with van der Waals surface area (Å²) in [4.78, 5) is 27.0.